The smallest absolute Gasteiger partial charge is 0.349 e. The van der Waals surface area contributed by atoms with Crippen LogP contribution in [0.5, 0.6) is 5.75 Å². The number of hydrogen-bond acceptors (Lipinski definition) is 5. The van der Waals surface area contributed by atoms with Crippen LogP contribution >= 0.6 is 23.2 Å². The number of aromatic amines is 1. The van der Waals surface area contributed by atoms with E-state index in [1.165, 1.54) is 36.1 Å². The molecule has 0 fully saturated rings. The Morgan fingerprint density at radius 3 is 2.46 bits per heavy atom. The molecule has 1 aliphatic rings. The zero-order valence-electron chi connectivity index (χ0n) is 19.2. The van der Waals surface area contributed by atoms with Crippen LogP contribution in [0.2, 0.25) is 10.0 Å². The molecule has 0 saturated carbocycles. The minimum Gasteiger partial charge on any atom is -0.455 e. The Hall–Kier alpha value is -3.55. The van der Waals surface area contributed by atoms with Crippen molar-refractivity contribution in [2.24, 2.45) is 0 Å². The molecule has 180 valence electrons. The minimum atomic E-state index is -0.717. The number of likely N-dealkylation sites (N-methyl/N-ethyl adjacent to an activating group) is 1. The molecule has 4 rings (SSSR count). The maximum absolute atomic E-state index is 12.1. The van der Waals surface area contributed by atoms with Crippen molar-refractivity contribution in [1.82, 2.24) is 20.1 Å². The second kappa shape index (κ2) is 10.4. The summed E-state index contributed by atoms with van der Waals surface area (Å²) in [6.07, 6.45) is 7.33. The molecule has 0 radical (unpaired) electrons. The normalized spacial score (nSPS) is 13.2. The van der Waals surface area contributed by atoms with Crippen LogP contribution in [0.4, 0.5) is 0 Å². The van der Waals surface area contributed by atoms with Gasteiger partial charge in [0.2, 0.25) is 0 Å². The van der Waals surface area contributed by atoms with E-state index >= 15 is 0 Å². The lowest BCUT2D eigenvalue weighted by Crippen LogP contribution is -2.30. The number of hydrogen-bond donors (Lipinski definition) is 2. The van der Waals surface area contributed by atoms with Gasteiger partial charge < -0.3 is 10.1 Å². The van der Waals surface area contributed by atoms with E-state index in [0.29, 0.717) is 11.5 Å². The number of benzene rings is 2. The lowest BCUT2D eigenvalue weighted by Gasteiger charge is -2.19. The van der Waals surface area contributed by atoms with E-state index in [0.717, 1.165) is 34.9 Å². The zero-order chi connectivity index (χ0) is 25.1. The number of allylic oxidation sites excluding steroid dienone is 2. The van der Waals surface area contributed by atoms with Crippen molar-refractivity contribution < 1.29 is 4.74 Å². The molecule has 2 N–H and O–H groups in total. The Morgan fingerprint density at radius 1 is 1.11 bits per heavy atom. The number of ether oxygens (including phenoxy) is 1. The summed E-state index contributed by atoms with van der Waals surface area (Å²) in [5.74, 6) is 0.473. The van der Waals surface area contributed by atoms with Crippen molar-refractivity contribution in [3.63, 3.8) is 0 Å². The first-order valence-electron chi connectivity index (χ1n) is 11.0. The summed E-state index contributed by atoms with van der Waals surface area (Å²) < 4.78 is 6.88. The second-order valence-corrected chi connectivity index (χ2v) is 8.95. The van der Waals surface area contributed by atoms with E-state index < -0.39 is 11.2 Å². The molecule has 9 heteroatoms. The van der Waals surface area contributed by atoms with Crippen LogP contribution in [-0.2, 0) is 12.8 Å². The number of fused-ring (bicyclic) bond motifs is 1. The Kier molecular flexibility index (Phi) is 7.28. The predicted molar refractivity (Wildman–Crippen MR) is 140 cm³/mol. The van der Waals surface area contributed by atoms with Crippen LogP contribution < -0.4 is 21.3 Å². The van der Waals surface area contributed by atoms with Gasteiger partial charge in [-0.25, -0.2) is 4.79 Å². The Bertz CT molecular complexity index is 1450. The highest BCUT2D eigenvalue weighted by atomic mass is 35.5. The van der Waals surface area contributed by atoms with Crippen molar-refractivity contribution in [3.8, 4) is 11.4 Å². The summed E-state index contributed by atoms with van der Waals surface area (Å²) >= 11 is 12.8. The average molecular weight is 511 g/mol. The highest BCUT2D eigenvalue weighted by Crippen LogP contribution is 2.37. The number of nitrogens with one attached hydrogen (secondary N) is 2. The lowest BCUT2D eigenvalue weighted by molar-refractivity contribution is 0.447. The molecule has 0 aliphatic heterocycles. The summed E-state index contributed by atoms with van der Waals surface area (Å²) in [5, 5.41) is 7.19. The maximum Gasteiger partial charge on any atom is 0.349 e. The topological polar surface area (TPSA) is 89.0 Å². The number of aryl methyl sites for hydroxylation is 2. The molecule has 1 heterocycles. The molecular weight excluding hydrogens is 487 g/mol. The zero-order valence-corrected chi connectivity index (χ0v) is 20.7. The second-order valence-electron chi connectivity index (χ2n) is 8.13. The van der Waals surface area contributed by atoms with Gasteiger partial charge in [0.1, 0.15) is 12.0 Å². The van der Waals surface area contributed by atoms with E-state index in [9.17, 15) is 9.59 Å². The van der Waals surface area contributed by atoms with Crippen LogP contribution in [-0.4, -0.2) is 21.8 Å². The van der Waals surface area contributed by atoms with Crippen LogP contribution in [0.1, 0.15) is 29.5 Å². The van der Waals surface area contributed by atoms with Gasteiger partial charge in [0, 0.05) is 18.3 Å². The fourth-order valence-electron chi connectivity index (χ4n) is 4.01. The first-order valence-corrected chi connectivity index (χ1v) is 11.8. The largest absolute Gasteiger partial charge is 0.455 e. The number of aromatic nitrogens is 3. The van der Waals surface area contributed by atoms with Crippen molar-refractivity contribution in [2.45, 2.75) is 25.7 Å². The lowest BCUT2D eigenvalue weighted by atomic mass is 9.88. The SMILES string of the molecule is C=C(/C=C(\C(=C)NC)c1ccc2c(c1)CCCC2)Oc1c(Cl)cc(-n2ncc(=O)[nH]c2=O)cc1Cl. The molecule has 1 aliphatic carbocycles. The van der Waals surface area contributed by atoms with Gasteiger partial charge in [0.25, 0.3) is 5.56 Å². The third-order valence-electron chi connectivity index (χ3n) is 5.77. The highest BCUT2D eigenvalue weighted by Gasteiger charge is 2.16. The van der Waals surface area contributed by atoms with Crippen LogP contribution in [0.15, 0.2) is 76.8 Å². The standard InChI is InChI=1S/C26H24Cl2N4O3/c1-15(10-21(16(2)29-3)19-9-8-17-6-4-5-7-18(17)11-19)35-25-22(27)12-20(13-23(25)28)32-26(34)31-24(33)14-30-32/h8-14,29H,1-2,4-7H2,3H3,(H,31,33,34)/b21-10+. The van der Waals surface area contributed by atoms with Crippen molar-refractivity contribution in [2.75, 3.05) is 7.05 Å². The summed E-state index contributed by atoms with van der Waals surface area (Å²) in [7, 11) is 1.80. The third kappa shape index (κ3) is 5.42. The molecule has 0 saturated heterocycles. The quantitative estimate of drug-likeness (QED) is 0.351. The number of nitrogens with zero attached hydrogens (tertiary/aromatic N) is 2. The van der Waals surface area contributed by atoms with Gasteiger partial charge in [-0.1, -0.05) is 54.6 Å². The molecule has 1 aromatic heterocycles. The monoisotopic (exact) mass is 510 g/mol. The fraction of sp³-hybridized carbons (Fsp3) is 0.192. The molecule has 7 nitrogen and oxygen atoms in total. The Labute approximate surface area is 212 Å². The number of H-pyrrole nitrogens is 1. The van der Waals surface area contributed by atoms with Crippen LogP contribution in [0, 0.1) is 0 Å². The summed E-state index contributed by atoms with van der Waals surface area (Å²) in [6.45, 7) is 8.14. The van der Waals surface area contributed by atoms with Gasteiger partial charge >= 0.3 is 5.69 Å². The summed E-state index contributed by atoms with van der Waals surface area (Å²) in [4.78, 5) is 25.5. The third-order valence-corrected chi connectivity index (χ3v) is 6.33. The fourth-order valence-corrected chi connectivity index (χ4v) is 4.56. The molecule has 0 unspecified atom stereocenters. The van der Waals surface area contributed by atoms with Crippen LogP contribution in [0.25, 0.3) is 11.3 Å². The molecule has 0 spiro atoms. The molecule has 3 aromatic rings. The molecule has 2 aromatic carbocycles. The number of rotatable bonds is 7. The first kappa shape index (κ1) is 24.6. The van der Waals surface area contributed by atoms with E-state index in [1.807, 2.05) is 0 Å². The van der Waals surface area contributed by atoms with Gasteiger partial charge in [-0.15, -0.1) is 0 Å². The molecule has 0 amide bonds. The van der Waals surface area contributed by atoms with E-state index in [2.05, 4.69) is 46.8 Å². The van der Waals surface area contributed by atoms with Gasteiger partial charge in [0.05, 0.1) is 15.7 Å². The van der Waals surface area contributed by atoms with E-state index in [-0.39, 0.29) is 21.5 Å². The molecule has 35 heavy (non-hydrogen) atoms. The minimum absolute atomic E-state index is 0.143. The Balaban J connectivity index is 1.64. The predicted octanol–water partition coefficient (Wildman–Crippen LogP) is 4.82. The van der Waals surface area contributed by atoms with Crippen LogP contribution in [0.3, 0.4) is 0 Å². The summed E-state index contributed by atoms with van der Waals surface area (Å²) in [5.41, 5.74) is 4.23. The van der Waals surface area contributed by atoms with Gasteiger partial charge in [-0.05, 0) is 60.6 Å². The van der Waals surface area contributed by atoms with Gasteiger partial charge in [-0.3, -0.25) is 9.78 Å². The van der Waals surface area contributed by atoms with E-state index in [4.69, 9.17) is 27.9 Å². The van der Waals surface area contributed by atoms with Gasteiger partial charge in [0.15, 0.2) is 5.75 Å². The molecule has 0 bridgehead atoms. The maximum atomic E-state index is 12.1. The van der Waals surface area contributed by atoms with Crippen molar-refractivity contribution >= 4 is 28.8 Å². The first-order chi connectivity index (χ1) is 16.8. The highest BCUT2D eigenvalue weighted by molar-refractivity contribution is 6.37. The summed E-state index contributed by atoms with van der Waals surface area (Å²) in [6, 6.07) is 9.37. The Morgan fingerprint density at radius 2 is 1.80 bits per heavy atom. The van der Waals surface area contributed by atoms with Gasteiger partial charge in [-0.2, -0.15) is 9.78 Å². The number of halogens is 2. The molecule has 0 atom stereocenters. The van der Waals surface area contributed by atoms with E-state index in [1.54, 1.807) is 13.1 Å². The average Bonchev–Trinajstić information content (AvgIpc) is 2.84. The van der Waals surface area contributed by atoms with Crippen molar-refractivity contribution in [1.29, 1.82) is 0 Å². The molecular formula is C26H24Cl2N4O3. The van der Waals surface area contributed by atoms with Crippen molar-refractivity contribution in [3.05, 3.63) is 115 Å².